The molecule has 0 radical (unpaired) electrons. The Balaban J connectivity index is 1.49. The number of nitro groups is 1. The average Bonchev–Trinajstić information content (AvgIpc) is 3.48. The lowest BCUT2D eigenvalue weighted by molar-refractivity contribution is -0.390. The Labute approximate surface area is 225 Å². The van der Waals surface area contributed by atoms with E-state index in [1.165, 1.54) is 37.2 Å². The minimum absolute atomic E-state index is 0.0349. The van der Waals surface area contributed by atoms with Crippen molar-refractivity contribution in [1.29, 1.82) is 0 Å². The number of pyridine rings is 1. The number of nitrogens with zero attached hydrogens (tertiary/aromatic N) is 6. The molecule has 1 atom stereocenters. The molecule has 1 saturated carbocycles. The third-order valence-electron chi connectivity index (χ3n) is 6.26. The van der Waals surface area contributed by atoms with E-state index in [9.17, 15) is 14.5 Å². The van der Waals surface area contributed by atoms with Crippen molar-refractivity contribution in [1.82, 2.24) is 24.5 Å². The van der Waals surface area contributed by atoms with Gasteiger partial charge < -0.3 is 14.9 Å². The van der Waals surface area contributed by atoms with Crippen LogP contribution in [0.4, 0.5) is 10.2 Å². The highest BCUT2D eigenvalue weighted by molar-refractivity contribution is 9.10. The molecule has 0 saturated heterocycles. The van der Waals surface area contributed by atoms with Crippen LogP contribution in [-0.4, -0.2) is 29.5 Å². The van der Waals surface area contributed by atoms with Crippen molar-refractivity contribution in [2.75, 3.05) is 0 Å². The predicted molar refractivity (Wildman–Crippen MR) is 139 cm³/mol. The van der Waals surface area contributed by atoms with E-state index >= 15 is 0 Å². The third kappa shape index (κ3) is 5.67. The maximum Gasteiger partial charge on any atom is 0.406 e. The fraction of sp³-hybridized carbons (Fsp3) is 0.320. The summed E-state index contributed by atoms with van der Waals surface area (Å²) in [4.78, 5) is 14.7. The van der Waals surface area contributed by atoms with E-state index in [-0.39, 0.29) is 10.9 Å². The van der Waals surface area contributed by atoms with Crippen LogP contribution >= 0.6 is 27.5 Å². The number of ether oxygens (including phenoxy) is 1. The van der Waals surface area contributed by atoms with Gasteiger partial charge in [0, 0.05) is 41.6 Å². The summed E-state index contributed by atoms with van der Waals surface area (Å²) in [5, 5.41) is 20.9. The molecule has 0 spiro atoms. The van der Waals surface area contributed by atoms with Gasteiger partial charge in [-0.05, 0) is 76.6 Å². The maximum atomic E-state index is 14.4. The van der Waals surface area contributed by atoms with Crippen LogP contribution in [0.1, 0.15) is 42.7 Å². The summed E-state index contributed by atoms with van der Waals surface area (Å²) in [6.07, 6.45) is 5.06. The highest BCUT2D eigenvalue weighted by atomic mass is 79.9. The van der Waals surface area contributed by atoms with Crippen molar-refractivity contribution in [2.24, 2.45) is 5.92 Å². The zero-order valence-electron chi connectivity index (χ0n) is 20.1. The first-order valence-electron chi connectivity index (χ1n) is 11.7. The zero-order valence-corrected chi connectivity index (χ0v) is 22.4. The minimum Gasteiger partial charge on any atom is -0.478 e. The number of hydrogen-bond acceptors (Lipinski definition) is 6. The standard InChI is InChI=1S/C25H23BrClFN6O3/c1-14-17(12-32(30-14)11-16-3-4-16)13-33-22(9-24(27)31-33)20-6-5-19(28)8-21(20)15(2)37-23-7-18(26)10-29-25(23)34(35)36/h5-10,12,15-16H,3-4,11,13H2,1-2H3/t15-/m1/s1. The van der Waals surface area contributed by atoms with Crippen LogP contribution in [0.15, 0.2) is 47.2 Å². The molecule has 12 heteroatoms. The molecule has 1 aliphatic carbocycles. The molecule has 0 amide bonds. The number of hydrogen-bond donors (Lipinski definition) is 0. The number of benzene rings is 1. The summed E-state index contributed by atoms with van der Waals surface area (Å²) in [5.41, 5.74) is 3.69. The second kappa shape index (κ2) is 10.2. The van der Waals surface area contributed by atoms with Gasteiger partial charge in [0.25, 0.3) is 0 Å². The Hall–Kier alpha value is -3.31. The number of aromatic nitrogens is 5. The fourth-order valence-electron chi connectivity index (χ4n) is 4.25. The van der Waals surface area contributed by atoms with Crippen molar-refractivity contribution in [3.63, 3.8) is 0 Å². The molecule has 1 fully saturated rings. The molecule has 1 aliphatic rings. The van der Waals surface area contributed by atoms with Gasteiger partial charge in [-0.2, -0.15) is 10.2 Å². The highest BCUT2D eigenvalue weighted by Gasteiger charge is 2.25. The van der Waals surface area contributed by atoms with Gasteiger partial charge in [0.2, 0.25) is 5.75 Å². The quantitative estimate of drug-likeness (QED) is 0.163. The molecular formula is C25H23BrClFN6O3. The highest BCUT2D eigenvalue weighted by Crippen LogP contribution is 2.36. The Morgan fingerprint density at radius 3 is 2.81 bits per heavy atom. The SMILES string of the molecule is Cc1nn(CC2CC2)cc1Cn1nc(Cl)cc1-c1ccc(F)cc1[C@@H](C)Oc1cc(Br)cnc1[N+](=O)[O-]. The topological polar surface area (TPSA) is 101 Å². The molecule has 4 aromatic rings. The van der Waals surface area contributed by atoms with Gasteiger partial charge in [0.1, 0.15) is 11.9 Å². The summed E-state index contributed by atoms with van der Waals surface area (Å²) in [6, 6.07) is 7.49. The second-order valence-electron chi connectivity index (χ2n) is 9.14. The molecule has 37 heavy (non-hydrogen) atoms. The minimum atomic E-state index is -0.759. The van der Waals surface area contributed by atoms with Crippen LogP contribution in [0.3, 0.4) is 0 Å². The Morgan fingerprint density at radius 1 is 1.30 bits per heavy atom. The summed E-state index contributed by atoms with van der Waals surface area (Å²) in [7, 11) is 0. The van der Waals surface area contributed by atoms with Crippen LogP contribution in [-0.2, 0) is 13.1 Å². The average molecular weight is 590 g/mol. The molecule has 0 unspecified atom stereocenters. The molecule has 0 N–H and O–H groups in total. The van der Waals surface area contributed by atoms with Gasteiger partial charge in [0.05, 0.1) is 22.4 Å². The summed E-state index contributed by atoms with van der Waals surface area (Å²) in [5.74, 6) is -0.237. The maximum absolute atomic E-state index is 14.4. The molecule has 5 rings (SSSR count). The first-order chi connectivity index (χ1) is 17.7. The van der Waals surface area contributed by atoms with Crippen LogP contribution in [0.5, 0.6) is 5.75 Å². The Kier molecular flexibility index (Phi) is 7.00. The summed E-state index contributed by atoms with van der Waals surface area (Å²) < 4.78 is 24.6. The van der Waals surface area contributed by atoms with E-state index in [2.05, 4.69) is 31.1 Å². The normalized spacial score (nSPS) is 14.1. The van der Waals surface area contributed by atoms with Gasteiger partial charge >= 0.3 is 5.82 Å². The first kappa shape index (κ1) is 25.3. The third-order valence-corrected chi connectivity index (χ3v) is 6.88. The van der Waals surface area contributed by atoms with E-state index in [1.54, 1.807) is 23.7 Å². The lowest BCUT2D eigenvalue weighted by atomic mass is 10.00. The fourth-order valence-corrected chi connectivity index (χ4v) is 4.76. The molecule has 1 aromatic carbocycles. The largest absolute Gasteiger partial charge is 0.478 e. The van der Waals surface area contributed by atoms with Crippen molar-refractivity contribution >= 4 is 33.3 Å². The van der Waals surface area contributed by atoms with Crippen LogP contribution < -0.4 is 4.74 Å². The van der Waals surface area contributed by atoms with Gasteiger partial charge in [-0.1, -0.05) is 11.6 Å². The molecule has 3 aromatic heterocycles. The van der Waals surface area contributed by atoms with Crippen molar-refractivity contribution in [3.05, 3.63) is 85.1 Å². The van der Waals surface area contributed by atoms with Crippen LogP contribution in [0, 0.1) is 28.8 Å². The predicted octanol–water partition coefficient (Wildman–Crippen LogP) is 6.51. The van der Waals surface area contributed by atoms with E-state index in [0.717, 1.165) is 17.8 Å². The number of halogens is 3. The molecule has 3 heterocycles. The van der Waals surface area contributed by atoms with Crippen LogP contribution in [0.25, 0.3) is 11.3 Å². The summed E-state index contributed by atoms with van der Waals surface area (Å²) >= 11 is 9.59. The van der Waals surface area contributed by atoms with Crippen molar-refractivity contribution < 1.29 is 14.1 Å². The number of rotatable bonds is 9. The molecule has 9 nitrogen and oxygen atoms in total. The van der Waals surface area contributed by atoms with E-state index < -0.39 is 22.7 Å². The van der Waals surface area contributed by atoms with Gasteiger partial charge in [-0.25, -0.2) is 4.39 Å². The van der Waals surface area contributed by atoms with Gasteiger partial charge in [0.15, 0.2) is 11.3 Å². The van der Waals surface area contributed by atoms with Crippen LogP contribution in [0.2, 0.25) is 5.15 Å². The second-order valence-corrected chi connectivity index (χ2v) is 10.4. The molecule has 0 aliphatic heterocycles. The zero-order chi connectivity index (χ0) is 26.3. The van der Waals surface area contributed by atoms with Crippen molar-refractivity contribution in [3.8, 4) is 17.0 Å². The van der Waals surface area contributed by atoms with Gasteiger partial charge in [-0.3, -0.25) is 9.36 Å². The van der Waals surface area contributed by atoms with E-state index in [0.29, 0.717) is 33.8 Å². The lowest BCUT2D eigenvalue weighted by Gasteiger charge is -2.19. The molecular weight excluding hydrogens is 567 g/mol. The summed E-state index contributed by atoms with van der Waals surface area (Å²) in [6.45, 7) is 4.98. The Bertz CT molecular complexity index is 1490. The van der Waals surface area contributed by atoms with E-state index in [1.807, 2.05) is 17.8 Å². The number of aryl methyl sites for hydroxylation is 1. The lowest BCUT2D eigenvalue weighted by Crippen LogP contribution is -2.10. The molecule has 0 bridgehead atoms. The van der Waals surface area contributed by atoms with Crippen molar-refractivity contribution in [2.45, 2.75) is 45.9 Å². The Morgan fingerprint density at radius 2 is 2.08 bits per heavy atom. The smallest absolute Gasteiger partial charge is 0.406 e. The molecule has 192 valence electrons. The van der Waals surface area contributed by atoms with Gasteiger partial charge in [-0.15, -0.1) is 0 Å². The first-order valence-corrected chi connectivity index (χ1v) is 12.9. The van der Waals surface area contributed by atoms with E-state index in [4.69, 9.17) is 16.3 Å². The monoisotopic (exact) mass is 588 g/mol.